The summed E-state index contributed by atoms with van der Waals surface area (Å²) in [5.41, 5.74) is 4.94. The third kappa shape index (κ3) is 18.1. The molecule has 0 bridgehead atoms. The first-order valence-electron chi connectivity index (χ1n) is 3.31. The number of carboxylic acids is 1. The molecule has 0 saturated heterocycles. The Morgan fingerprint density at radius 1 is 1.18 bits per heavy atom. The molecule has 0 heterocycles. The second-order valence-corrected chi connectivity index (χ2v) is 4.47. The monoisotopic (exact) mass is 315 g/mol. The lowest BCUT2D eigenvalue weighted by atomic mass is 10.4. The van der Waals surface area contributed by atoms with Crippen molar-refractivity contribution in [2.45, 2.75) is 6.04 Å². The molecule has 0 rings (SSSR count). The highest BCUT2D eigenvalue weighted by atomic mass is 32.3. The molecule has 0 aliphatic carbocycles. The molecule has 1 unspecified atom stereocenters. The summed E-state index contributed by atoms with van der Waals surface area (Å²) in [6.07, 6.45) is 0. The van der Waals surface area contributed by atoms with Crippen molar-refractivity contribution in [1.82, 2.24) is 0 Å². The average Bonchev–Trinajstić information content (AvgIpc) is 2.12. The third-order valence-electron chi connectivity index (χ3n) is 0.714. The third-order valence-corrected chi connectivity index (χ3v) is 1.67. The molecule has 0 radical (unpaired) electrons. The first-order chi connectivity index (χ1) is 7.39. The smallest absolute Gasteiger partial charge is 0.425 e. The van der Waals surface area contributed by atoms with Gasteiger partial charge in [0.2, 0.25) is 0 Å². The molecule has 0 aromatic rings. The van der Waals surface area contributed by atoms with Crippen molar-refractivity contribution in [3.63, 3.8) is 0 Å². The Morgan fingerprint density at radius 2 is 1.47 bits per heavy atom. The Kier molecular flexibility index (Phi) is 8.63. The van der Waals surface area contributed by atoms with Crippen LogP contribution in [0.3, 0.4) is 0 Å². The molecule has 0 aromatic carbocycles. The lowest BCUT2D eigenvalue weighted by molar-refractivity contribution is -0.137. The zero-order valence-electron chi connectivity index (χ0n) is 7.82. The summed E-state index contributed by atoms with van der Waals surface area (Å²) in [4.78, 5) is 9.76. The van der Waals surface area contributed by atoms with Crippen LogP contribution in [-0.2, 0) is 34.3 Å². The van der Waals surface area contributed by atoms with E-state index in [-0.39, 0.29) is 5.75 Å². The van der Waals surface area contributed by atoms with Crippen LogP contribution in [0.15, 0.2) is 0 Å². The normalized spacial score (nSPS) is 13.4. The first kappa shape index (κ1) is 18.9. The van der Waals surface area contributed by atoms with Crippen LogP contribution in [0, 0.1) is 0 Å². The largest absolute Gasteiger partial charge is 0.480 e. The van der Waals surface area contributed by atoms with Crippen LogP contribution in [0.25, 0.3) is 0 Å². The fraction of sp³-hybridized carbons (Fsp3) is 0.667. The lowest BCUT2D eigenvalue weighted by Crippen LogP contribution is -2.31. The number of hydrogen-bond donors (Lipinski definition) is 5. The minimum atomic E-state index is -5.02. The van der Waals surface area contributed by atoms with Gasteiger partial charge in [0.25, 0.3) is 0 Å². The van der Waals surface area contributed by atoms with Crippen LogP contribution < -0.4 is 5.73 Å². The fourth-order valence-corrected chi connectivity index (χ4v) is 0.866. The highest BCUT2D eigenvalue weighted by Gasteiger charge is 2.13. The predicted molar refractivity (Wildman–Crippen MR) is 54.7 cm³/mol. The fourth-order valence-electron chi connectivity index (χ4n) is 0.148. The van der Waals surface area contributed by atoms with E-state index >= 15 is 0 Å². The Bertz CT molecular complexity index is 392. The van der Waals surface area contributed by atoms with E-state index < -0.39 is 32.8 Å². The molecule has 0 spiro atoms. The van der Waals surface area contributed by atoms with Crippen LogP contribution in [-0.4, -0.2) is 48.8 Å². The van der Waals surface area contributed by atoms with Crippen molar-refractivity contribution in [3.05, 3.63) is 0 Å². The Labute approximate surface area is 102 Å². The van der Waals surface area contributed by atoms with Gasteiger partial charge in [-0.25, -0.2) is 0 Å². The van der Waals surface area contributed by atoms with E-state index in [0.29, 0.717) is 0 Å². The van der Waals surface area contributed by atoms with Crippen LogP contribution in [0.1, 0.15) is 0 Å². The number of rotatable bonds is 5. The molecule has 0 fully saturated rings. The van der Waals surface area contributed by atoms with Crippen molar-refractivity contribution in [3.8, 4) is 0 Å². The molecule has 0 aliphatic rings. The van der Waals surface area contributed by atoms with E-state index in [1.165, 1.54) is 0 Å². The molecule has 5 N–H and O–H groups in total. The molecule has 14 heteroatoms. The summed E-state index contributed by atoms with van der Waals surface area (Å²) in [5, 5.41) is 8.01. The van der Waals surface area contributed by atoms with Gasteiger partial charge >= 0.3 is 26.8 Å². The molecule has 104 valence electrons. The average molecular weight is 315 g/mol. The van der Waals surface area contributed by atoms with Gasteiger partial charge in [-0.15, -0.1) is 0 Å². The molecular formula is C3H9NO10S3. The van der Waals surface area contributed by atoms with Gasteiger partial charge in [0.15, 0.2) is 0 Å². The van der Waals surface area contributed by atoms with Crippen molar-refractivity contribution in [2.24, 2.45) is 5.73 Å². The quantitative estimate of drug-likeness (QED) is 0.161. The summed E-state index contributed by atoms with van der Waals surface area (Å²) < 4.78 is 58.9. The van der Waals surface area contributed by atoms with Crippen molar-refractivity contribution < 1.29 is 44.5 Å². The molecule has 0 amide bonds. The van der Waals surface area contributed by atoms with E-state index in [4.69, 9.17) is 19.9 Å². The number of nitrogens with two attached hydrogens (primary N) is 1. The number of aliphatic carboxylic acids is 1. The Balaban J connectivity index is 0. The summed E-state index contributed by atoms with van der Waals surface area (Å²) in [6, 6.07) is -0.816. The number of thiol groups is 1. The molecule has 11 nitrogen and oxygen atoms in total. The SMILES string of the molecule is NC(CS)C(=O)O.O=S(=O)(O)OOS(=O)(=O)O. The number of hydrogen-bond acceptors (Lipinski definition) is 9. The summed E-state index contributed by atoms with van der Waals surface area (Å²) >= 11 is 3.65. The summed E-state index contributed by atoms with van der Waals surface area (Å²) in [7, 11) is -10.0. The number of carboxylic acid groups (broad SMARTS) is 1. The number of carbonyl (C=O) groups is 1. The second-order valence-electron chi connectivity index (χ2n) is 2.12. The maximum Gasteiger partial charge on any atom is 0.425 e. The zero-order valence-corrected chi connectivity index (χ0v) is 10.4. The Morgan fingerprint density at radius 3 is 1.53 bits per heavy atom. The highest BCUT2D eigenvalue weighted by Crippen LogP contribution is 1.92. The molecule has 17 heavy (non-hydrogen) atoms. The maximum atomic E-state index is 9.76. The maximum absolute atomic E-state index is 9.76. The second kappa shape index (κ2) is 7.77. The van der Waals surface area contributed by atoms with E-state index in [0.717, 1.165) is 0 Å². The van der Waals surface area contributed by atoms with Gasteiger partial charge in [-0.3, -0.25) is 13.9 Å². The van der Waals surface area contributed by atoms with Gasteiger partial charge < -0.3 is 10.8 Å². The predicted octanol–water partition coefficient (Wildman–Crippen LogP) is -2.13. The molecule has 0 aliphatic heterocycles. The van der Waals surface area contributed by atoms with E-state index in [1.54, 1.807) is 0 Å². The van der Waals surface area contributed by atoms with E-state index in [2.05, 4.69) is 21.3 Å². The van der Waals surface area contributed by atoms with Gasteiger partial charge in [-0.05, 0) is 0 Å². The molecular weight excluding hydrogens is 306 g/mol. The van der Waals surface area contributed by atoms with Crippen LogP contribution in [0.2, 0.25) is 0 Å². The zero-order chi connectivity index (χ0) is 14.3. The van der Waals surface area contributed by atoms with Gasteiger partial charge in [0.1, 0.15) is 6.04 Å². The van der Waals surface area contributed by atoms with E-state index in [9.17, 15) is 21.6 Å². The van der Waals surface area contributed by atoms with Gasteiger partial charge in [0.05, 0.1) is 0 Å². The lowest BCUT2D eigenvalue weighted by Gasteiger charge is -1.96. The summed E-state index contributed by atoms with van der Waals surface area (Å²) in [5.74, 6) is -0.815. The highest BCUT2D eigenvalue weighted by molar-refractivity contribution is 7.83. The molecule has 0 saturated carbocycles. The van der Waals surface area contributed by atoms with Crippen molar-refractivity contribution in [2.75, 3.05) is 5.75 Å². The Hall–Kier alpha value is -0.480. The van der Waals surface area contributed by atoms with Crippen molar-refractivity contribution >= 4 is 39.4 Å². The standard InChI is InChI=1S/C3H7NO2S.H2O8S2/c4-2(1-7)3(5)6;1-9(2,3)7-8-10(4,5)6/h2,7H,1,4H2,(H,5,6);(H,1,2,3)(H,4,5,6). The molecule has 0 aromatic heterocycles. The minimum Gasteiger partial charge on any atom is -0.480 e. The minimum absolute atomic E-state index is 0.190. The van der Waals surface area contributed by atoms with Crippen molar-refractivity contribution in [1.29, 1.82) is 0 Å². The topological polar surface area (TPSA) is 191 Å². The van der Waals surface area contributed by atoms with Crippen LogP contribution in [0.4, 0.5) is 0 Å². The first-order valence-corrected chi connectivity index (χ1v) is 6.67. The van der Waals surface area contributed by atoms with Crippen LogP contribution in [0.5, 0.6) is 0 Å². The van der Waals surface area contributed by atoms with E-state index in [1.807, 2.05) is 0 Å². The van der Waals surface area contributed by atoms with Gasteiger partial charge in [-0.2, -0.15) is 29.5 Å². The van der Waals surface area contributed by atoms with Gasteiger partial charge in [0, 0.05) is 5.75 Å². The van der Waals surface area contributed by atoms with Crippen LogP contribution >= 0.6 is 12.6 Å². The van der Waals surface area contributed by atoms with Gasteiger partial charge in [-0.1, -0.05) is 8.67 Å². The summed E-state index contributed by atoms with van der Waals surface area (Å²) in [6.45, 7) is 0. The molecule has 1 atom stereocenters.